The number of carbonyl (C=O) groups excluding carboxylic acids is 1. The summed E-state index contributed by atoms with van der Waals surface area (Å²) >= 11 is 0. The third kappa shape index (κ3) is 6.41. The second kappa shape index (κ2) is 10.8. The van der Waals surface area contributed by atoms with Crippen molar-refractivity contribution in [2.75, 3.05) is 11.9 Å². The number of nitrogens with two attached hydrogens (primary N) is 1. The van der Waals surface area contributed by atoms with Crippen molar-refractivity contribution < 1.29 is 9.21 Å². The van der Waals surface area contributed by atoms with Crippen molar-refractivity contribution in [3.8, 4) is 0 Å². The summed E-state index contributed by atoms with van der Waals surface area (Å²) in [6, 6.07) is 9.74. The zero-order chi connectivity index (χ0) is 17.4. The number of aliphatic imine (C=N–C) groups is 1. The molecule has 0 fully saturated rings. The highest BCUT2D eigenvalue weighted by Crippen LogP contribution is 2.22. The zero-order valence-corrected chi connectivity index (χ0v) is 16.9. The Morgan fingerprint density at radius 3 is 2.40 bits per heavy atom. The first-order chi connectivity index (χ1) is 11.6. The summed E-state index contributed by atoms with van der Waals surface area (Å²) in [6.07, 6.45) is 3.36. The minimum Gasteiger partial charge on any atom is -0.467 e. The Morgan fingerprint density at radius 1 is 1.16 bits per heavy atom. The summed E-state index contributed by atoms with van der Waals surface area (Å²) in [5, 5.41) is 5.86. The van der Waals surface area contributed by atoms with Crippen LogP contribution in [-0.4, -0.2) is 18.4 Å². The molecule has 136 valence electrons. The second-order valence-electron chi connectivity index (χ2n) is 5.34. The van der Waals surface area contributed by atoms with Crippen molar-refractivity contribution >= 4 is 41.5 Å². The van der Waals surface area contributed by atoms with Gasteiger partial charge in [0.2, 0.25) is 5.91 Å². The maximum Gasteiger partial charge on any atom is 0.242 e. The molecule has 7 heteroatoms. The zero-order valence-electron chi connectivity index (χ0n) is 14.5. The third-order valence-corrected chi connectivity index (χ3v) is 3.68. The Kier molecular flexibility index (Phi) is 9.04. The predicted octanol–water partition coefficient (Wildman–Crippen LogP) is 3.07. The van der Waals surface area contributed by atoms with Crippen molar-refractivity contribution in [1.82, 2.24) is 5.32 Å². The van der Waals surface area contributed by atoms with Gasteiger partial charge in [-0.15, -0.1) is 24.0 Å². The fourth-order valence-electron chi connectivity index (χ4n) is 2.38. The van der Waals surface area contributed by atoms with E-state index in [1.807, 2.05) is 6.07 Å². The molecule has 0 bridgehead atoms. The monoisotopic (exact) mass is 456 g/mol. The Labute approximate surface area is 165 Å². The molecule has 2 aromatic rings. The summed E-state index contributed by atoms with van der Waals surface area (Å²) in [6.45, 7) is 4.49. The van der Waals surface area contributed by atoms with Crippen LogP contribution in [0.25, 0.3) is 0 Å². The Balaban J connectivity index is 0.00000312. The number of benzene rings is 1. The van der Waals surface area contributed by atoms with Crippen LogP contribution in [0.1, 0.15) is 30.7 Å². The average molecular weight is 456 g/mol. The number of rotatable bonds is 7. The number of aryl methyl sites for hydroxylation is 2. The topological polar surface area (TPSA) is 92.6 Å². The molecule has 1 aromatic carbocycles. The Hall–Kier alpha value is -2.03. The average Bonchev–Trinajstić information content (AvgIpc) is 3.11. The molecular formula is C18H25IN4O2. The summed E-state index contributed by atoms with van der Waals surface area (Å²) in [5.74, 6) is 0.720. The largest absolute Gasteiger partial charge is 0.467 e. The Bertz CT molecular complexity index is 677. The van der Waals surface area contributed by atoms with E-state index in [1.54, 1.807) is 18.4 Å². The molecule has 0 unspecified atom stereocenters. The van der Waals surface area contributed by atoms with Gasteiger partial charge in [-0.3, -0.25) is 4.79 Å². The van der Waals surface area contributed by atoms with E-state index < -0.39 is 0 Å². The van der Waals surface area contributed by atoms with Crippen LogP contribution in [-0.2, 0) is 24.2 Å². The van der Waals surface area contributed by atoms with E-state index in [0.29, 0.717) is 12.3 Å². The van der Waals surface area contributed by atoms with Crippen LogP contribution >= 0.6 is 24.0 Å². The lowest BCUT2D eigenvalue weighted by Crippen LogP contribution is -2.29. The first kappa shape index (κ1) is 21.0. The minimum atomic E-state index is -0.212. The number of anilines is 1. The van der Waals surface area contributed by atoms with E-state index in [9.17, 15) is 4.79 Å². The molecule has 25 heavy (non-hydrogen) atoms. The summed E-state index contributed by atoms with van der Waals surface area (Å²) < 4.78 is 5.15. The molecule has 0 radical (unpaired) electrons. The van der Waals surface area contributed by atoms with E-state index in [4.69, 9.17) is 10.2 Å². The number of amides is 1. The number of carbonyl (C=O) groups is 1. The molecule has 0 spiro atoms. The molecule has 2 rings (SSSR count). The van der Waals surface area contributed by atoms with Crippen molar-refractivity contribution in [1.29, 1.82) is 0 Å². The molecule has 0 aliphatic heterocycles. The van der Waals surface area contributed by atoms with Crippen molar-refractivity contribution in [3.05, 3.63) is 53.5 Å². The number of furan rings is 1. The van der Waals surface area contributed by atoms with Gasteiger partial charge in [0.15, 0.2) is 5.96 Å². The van der Waals surface area contributed by atoms with Crippen LogP contribution in [0.15, 0.2) is 46.0 Å². The molecule has 1 aromatic heterocycles. The van der Waals surface area contributed by atoms with Gasteiger partial charge < -0.3 is 20.8 Å². The van der Waals surface area contributed by atoms with E-state index in [1.165, 1.54) is 11.1 Å². The third-order valence-electron chi connectivity index (χ3n) is 3.68. The Morgan fingerprint density at radius 2 is 1.84 bits per heavy atom. The number of para-hydroxylation sites is 1. The number of nitrogens with one attached hydrogen (secondary N) is 2. The van der Waals surface area contributed by atoms with E-state index in [2.05, 4.69) is 41.6 Å². The highest BCUT2D eigenvalue weighted by atomic mass is 127. The maximum absolute atomic E-state index is 11.8. The lowest BCUT2D eigenvalue weighted by molar-refractivity contribution is -0.119. The molecule has 0 atom stereocenters. The number of hydrogen-bond donors (Lipinski definition) is 3. The van der Waals surface area contributed by atoms with Gasteiger partial charge in [0, 0.05) is 5.69 Å². The van der Waals surface area contributed by atoms with Crippen LogP contribution < -0.4 is 16.4 Å². The van der Waals surface area contributed by atoms with Crippen molar-refractivity contribution in [2.24, 2.45) is 10.7 Å². The molecule has 4 N–H and O–H groups in total. The molecular weight excluding hydrogens is 431 g/mol. The minimum absolute atomic E-state index is 0. The van der Waals surface area contributed by atoms with Crippen LogP contribution in [0, 0.1) is 0 Å². The highest BCUT2D eigenvalue weighted by Gasteiger charge is 2.08. The fourth-order valence-corrected chi connectivity index (χ4v) is 2.38. The van der Waals surface area contributed by atoms with E-state index >= 15 is 0 Å². The summed E-state index contributed by atoms with van der Waals surface area (Å²) in [5.41, 5.74) is 9.27. The predicted molar refractivity (Wildman–Crippen MR) is 111 cm³/mol. The smallest absolute Gasteiger partial charge is 0.242 e. The fraction of sp³-hybridized carbons (Fsp3) is 0.333. The van der Waals surface area contributed by atoms with Gasteiger partial charge in [0.1, 0.15) is 12.3 Å². The van der Waals surface area contributed by atoms with E-state index in [-0.39, 0.29) is 42.4 Å². The molecule has 0 aliphatic rings. The first-order valence-electron chi connectivity index (χ1n) is 8.10. The first-order valence-corrected chi connectivity index (χ1v) is 8.10. The van der Waals surface area contributed by atoms with Crippen LogP contribution in [0.3, 0.4) is 0 Å². The maximum atomic E-state index is 11.8. The lowest BCUT2D eigenvalue weighted by atomic mass is 10.0. The van der Waals surface area contributed by atoms with Gasteiger partial charge in [0.25, 0.3) is 0 Å². The molecule has 1 amide bonds. The number of halogens is 1. The van der Waals surface area contributed by atoms with Gasteiger partial charge in [-0.2, -0.15) is 0 Å². The van der Waals surface area contributed by atoms with Gasteiger partial charge in [-0.1, -0.05) is 32.0 Å². The number of guanidine groups is 1. The number of hydrogen-bond acceptors (Lipinski definition) is 3. The quantitative estimate of drug-likeness (QED) is 0.339. The van der Waals surface area contributed by atoms with Gasteiger partial charge in [0.05, 0.1) is 12.8 Å². The van der Waals surface area contributed by atoms with Crippen LogP contribution in [0.5, 0.6) is 0 Å². The van der Waals surface area contributed by atoms with Crippen molar-refractivity contribution in [3.63, 3.8) is 0 Å². The standard InChI is InChI=1S/C18H24N4O2.HI/c1-3-13-7-5-8-14(4-2)17(13)22-18(19)21-12-16(23)20-11-15-9-6-10-24-15;/h5-10H,3-4,11-12H2,1-2H3,(H,20,23)(H3,19,21,22);1H. The molecule has 0 saturated heterocycles. The molecule has 0 saturated carbocycles. The SMILES string of the molecule is CCc1cccc(CC)c1NC(N)=NCC(=O)NCc1ccco1.I. The lowest BCUT2D eigenvalue weighted by Gasteiger charge is -2.14. The van der Waals surface area contributed by atoms with E-state index in [0.717, 1.165) is 18.5 Å². The second-order valence-corrected chi connectivity index (χ2v) is 5.34. The number of nitrogens with zero attached hydrogens (tertiary/aromatic N) is 1. The normalized spacial score (nSPS) is 10.9. The molecule has 6 nitrogen and oxygen atoms in total. The van der Waals surface area contributed by atoms with Gasteiger partial charge in [-0.05, 0) is 36.1 Å². The summed E-state index contributed by atoms with van der Waals surface area (Å²) in [4.78, 5) is 15.9. The van der Waals surface area contributed by atoms with Crippen LogP contribution in [0.2, 0.25) is 0 Å². The highest BCUT2D eigenvalue weighted by molar-refractivity contribution is 14.0. The van der Waals surface area contributed by atoms with Crippen molar-refractivity contribution in [2.45, 2.75) is 33.2 Å². The van der Waals surface area contributed by atoms with Crippen LogP contribution in [0.4, 0.5) is 5.69 Å². The van der Waals surface area contributed by atoms with Gasteiger partial charge in [-0.25, -0.2) is 4.99 Å². The summed E-state index contributed by atoms with van der Waals surface area (Å²) in [7, 11) is 0. The van der Waals surface area contributed by atoms with Gasteiger partial charge >= 0.3 is 0 Å². The molecule has 0 aliphatic carbocycles. The molecule has 1 heterocycles.